The van der Waals surface area contributed by atoms with E-state index in [0.717, 1.165) is 5.56 Å². The first-order valence-corrected chi connectivity index (χ1v) is 7.15. The zero-order valence-corrected chi connectivity index (χ0v) is 13.3. The maximum Gasteiger partial charge on any atom is 0.335 e. The lowest BCUT2D eigenvalue weighted by atomic mass is 10.1. The average Bonchev–Trinajstić information content (AvgIpc) is 2.39. The Kier molecular flexibility index (Phi) is 4.65. The van der Waals surface area contributed by atoms with Gasteiger partial charge in [0.15, 0.2) is 0 Å². The number of anilines is 1. The van der Waals surface area contributed by atoms with Gasteiger partial charge in [-0.05, 0) is 64.8 Å². The number of rotatable bonds is 3. The van der Waals surface area contributed by atoms with Gasteiger partial charge in [0.05, 0.1) is 11.3 Å². The van der Waals surface area contributed by atoms with E-state index in [9.17, 15) is 9.59 Å². The second-order valence-electron chi connectivity index (χ2n) is 4.47. The van der Waals surface area contributed by atoms with Crippen LogP contribution in [0, 0.1) is 6.92 Å². The molecule has 0 aliphatic heterocycles. The molecule has 0 saturated carbocycles. The fraction of sp³-hybridized carbons (Fsp3) is 0.0667. The highest BCUT2D eigenvalue weighted by molar-refractivity contribution is 9.10. The minimum absolute atomic E-state index is 0.0933. The van der Waals surface area contributed by atoms with E-state index in [4.69, 9.17) is 16.7 Å². The van der Waals surface area contributed by atoms with Gasteiger partial charge in [-0.1, -0.05) is 11.6 Å². The number of halogens is 2. The molecule has 2 aromatic carbocycles. The number of hydrogen-bond acceptors (Lipinski definition) is 2. The molecule has 4 nitrogen and oxygen atoms in total. The van der Waals surface area contributed by atoms with Crippen LogP contribution in [0.5, 0.6) is 0 Å². The second kappa shape index (κ2) is 6.28. The number of amides is 1. The first-order valence-electron chi connectivity index (χ1n) is 5.98. The fourth-order valence-electron chi connectivity index (χ4n) is 1.82. The predicted octanol–water partition coefficient (Wildman–Crippen LogP) is 4.36. The summed E-state index contributed by atoms with van der Waals surface area (Å²) >= 11 is 9.20. The number of nitrogens with one attached hydrogen (secondary N) is 1. The summed E-state index contributed by atoms with van der Waals surface area (Å²) in [5, 5.41) is 12.1. The van der Waals surface area contributed by atoms with E-state index in [1.165, 1.54) is 12.1 Å². The molecule has 2 aromatic rings. The van der Waals surface area contributed by atoms with Crippen molar-refractivity contribution in [3.05, 3.63) is 62.6 Å². The van der Waals surface area contributed by atoms with Gasteiger partial charge in [0.2, 0.25) is 0 Å². The summed E-state index contributed by atoms with van der Waals surface area (Å²) in [6.45, 7) is 1.84. The van der Waals surface area contributed by atoms with Crippen molar-refractivity contribution in [2.24, 2.45) is 0 Å². The lowest BCUT2D eigenvalue weighted by Crippen LogP contribution is -2.13. The molecule has 0 aromatic heterocycles. The summed E-state index contributed by atoms with van der Waals surface area (Å²) in [5.74, 6) is -1.42. The van der Waals surface area contributed by atoms with E-state index >= 15 is 0 Å². The number of aromatic carboxylic acids is 1. The van der Waals surface area contributed by atoms with E-state index in [1.807, 2.05) is 6.92 Å². The van der Waals surface area contributed by atoms with Gasteiger partial charge in [0, 0.05) is 15.1 Å². The van der Waals surface area contributed by atoms with Gasteiger partial charge in [0.25, 0.3) is 5.91 Å². The zero-order valence-electron chi connectivity index (χ0n) is 11.0. The molecule has 0 aliphatic rings. The number of carbonyl (C=O) groups excluding carboxylic acids is 1. The molecule has 0 spiro atoms. The van der Waals surface area contributed by atoms with Crippen LogP contribution in [0.2, 0.25) is 5.02 Å². The minimum atomic E-state index is -1.06. The molecule has 0 aliphatic carbocycles. The van der Waals surface area contributed by atoms with E-state index in [-0.39, 0.29) is 11.5 Å². The molecule has 6 heteroatoms. The lowest BCUT2D eigenvalue weighted by Gasteiger charge is -2.09. The highest BCUT2D eigenvalue weighted by Gasteiger charge is 2.12. The van der Waals surface area contributed by atoms with Gasteiger partial charge in [-0.15, -0.1) is 0 Å². The van der Waals surface area contributed by atoms with Crippen molar-refractivity contribution < 1.29 is 14.7 Å². The summed E-state index contributed by atoms with van der Waals surface area (Å²) in [7, 11) is 0. The van der Waals surface area contributed by atoms with Gasteiger partial charge >= 0.3 is 5.97 Å². The van der Waals surface area contributed by atoms with Crippen molar-refractivity contribution in [1.29, 1.82) is 0 Å². The molecule has 108 valence electrons. The van der Waals surface area contributed by atoms with Crippen molar-refractivity contribution in [2.75, 3.05) is 5.32 Å². The third-order valence-electron chi connectivity index (χ3n) is 2.77. The average molecular weight is 369 g/mol. The first-order chi connectivity index (χ1) is 9.86. The normalized spacial score (nSPS) is 10.2. The Morgan fingerprint density at radius 2 is 1.86 bits per heavy atom. The molecule has 21 heavy (non-hydrogen) atoms. The number of carboxylic acids is 1. The van der Waals surface area contributed by atoms with Crippen molar-refractivity contribution in [2.45, 2.75) is 6.92 Å². The lowest BCUT2D eigenvalue weighted by molar-refractivity contribution is 0.0696. The van der Waals surface area contributed by atoms with Crippen LogP contribution >= 0.6 is 27.5 Å². The van der Waals surface area contributed by atoms with Crippen molar-refractivity contribution in [3.63, 3.8) is 0 Å². The van der Waals surface area contributed by atoms with Gasteiger partial charge < -0.3 is 10.4 Å². The Morgan fingerprint density at radius 1 is 1.14 bits per heavy atom. The van der Waals surface area contributed by atoms with E-state index in [2.05, 4.69) is 21.2 Å². The first kappa shape index (κ1) is 15.5. The highest BCUT2D eigenvalue weighted by Crippen LogP contribution is 2.25. The molecule has 0 atom stereocenters. The predicted molar refractivity (Wildman–Crippen MR) is 85.2 cm³/mol. The van der Waals surface area contributed by atoms with Gasteiger partial charge in [-0.3, -0.25) is 4.79 Å². The van der Waals surface area contributed by atoms with Crippen LogP contribution < -0.4 is 5.32 Å². The summed E-state index contributed by atoms with van der Waals surface area (Å²) in [4.78, 5) is 23.2. The summed E-state index contributed by atoms with van der Waals surface area (Å²) in [5.41, 5.74) is 1.76. The van der Waals surface area contributed by atoms with Crippen LogP contribution in [0.15, 0.2) is 40.9 Å². The Hall–Kier alpha value is -1.85. The van der Waals surface area contributed by atoms with Crippen molar-refractivity contribution in [1.82, 2.24) is 0 Å². The van der Waals surface area contributed by atoms with Crippen LogP contribution in [-0.4, -0.2) is 17.0 Å². The minimum Gasteiger partial charge on any atom is -0.478 e. The maximum absolute atomic E-state index is 12.2. The summed E-state index contributed by atoms with van der Waals surface area (Å²) < 4.78 is 0.597. The Balaban J connectivity index is 2.31. The van der Waals surface area contributed by atoms with E-state index in [1.54, 1.807) is 24.3 Å². The molecule has 0 heterocycles. The quantitative estimate of drug-likeness (QED) is 0.846. The van der Waals surface area contributed by atoms with Crippen molar-refractivity contribution >= 4 is 45.1 Å². The molecular weight excluding hydrogens is 358 g/mol. The molecule has 2 rings (SSSR count). The SMILES string of the molecule is Cc1cc(Cl)cc(C(=O)Nc2cc(C(=O)O)ccc2Br)c1. The van der Waals surface area contributed by atoms with Crippen LogP contribution in [0.3, 0.4) is 0 Å². The maximum atomic E-state index is 12.2. The zero-order chi connectivity index (χ0) is 15.6. The number of benzene rings is 2. The molecule has 0 unspecified atom stereocenters. The smallest absolute Gasteiger partial charge is 0.335 e. The summed E-state index contributed by atoms with van der Waals surface area (Å²) in [6, 6.07) is 9.42. The highest BCUT2D eigenvalue weighted by atomic mass is 79.9. The van der Waals surface area contributed by atoms with Crippen LogP contribution in [0.4, 0.5) is 5.69 Å². The number of carboxylic acid groups (broad SMARTS) is 1. The van der Waals surface area contributed by atoms with Crippen LogP contribution in [-0.2, 0) is 0 Å². The van der Waals surface area contributed by atoms with Gasteiger partial charge in [0.1, 0.15) is 0 Å². The molecule has 1 amide bonds. The third-order valence-corrected chi connectivity index (χ3v) is 3.68. The molecule has 2 N–H and O–H groups in total. The monoisotopic (exact) mass is 367 g/mol. The Bertz CT molecular complexity index is 711. The number of aryl methyl sites for hydroxylation is 1. The van der Waals surface area contributed by atoms with Crippen LogP contribution in [0.25, 0.3) is 0 Å². The summed E-state index contributed by atoms with van der Waals surface area (Å²) in [6.07, 6.45) is 0. The van der Waals surface area contributed by atoms with E-state index in [0.29, 0.717) is 20.7 Å². The number of hydrogen-bond donors (Lipinski definition) is 2. The molecular formula is C15H11BrClNO3. The molecule has 0 saturated heterocycles. The Labute approximate surface area is 134 Å². The molecule has 0 fully saturated rings. The van der Waals surface area contributed by atoms with Crippen molar-refractivity contribution in [3.8, 4) is 0 Å². The van der Waals surface area contributed by atoms with Gasteiger partial charge in [-0.25, -0.2) is 4.79 Å². The standard InChI is InChI=1S/C15H11BrClNO3/c1-8-4-10(6-11(17)5-8)14(19)18-13-7-9(15(20)21)2-3-12(13)16/h2-7H,1H3,(H,18,19)(H,20,21). The second-order valence-corrected chi connectivity index (χ2v) is 5.76. The molecule has 0 bridgehead atoms. The largest absolute Gasteiger partial charge is 0.478 e. The van der Waals surface area contributed by atoms with Gasteiger partial charge in [-0.2, -0.15) is 0 Å². The fourth-order valence-corrected chi connectivity index (χ4v) is 2.45. The molecule has 0 radical (unpaired) electrons. The third kappa shape index (κ3) is 3.83. The van der Waals surface area contributed by atoms with E-state index < -0.39 is 5.97 Å². The Morgan fingerprint density at radius 3 is 2.48 bits per heavy atom. The van der Waals surface area contributed by atoms with Crippen LogP contribution in [0.1, 0.15) is 26.3 Å². The number of carbonyl (C=O) groups is 2. The topological polar surface area (TPSA) is 66.4 Å².